The van der Waals surface area contributed by atoms with Crippen molar-refractivity contribution in [3.8, 4) is 0 Å². The molecule has 3 atom stereocenters. The molecule has 3 N–H and O–H groups in total. The van der Waals surface area contributed by atoms with Crippen molar-refractivity contribution in [2.75, 3.05) is 40.9 Å². The molecule has 0 aliphatic rings. The molecule has 0 saturated heterocycles. The van der Waals surface area contributed by atoms with E-state index in [1.807, 2.05) is 27.2 Å². The predicted octanol–water partition coefficient (Wildman–Crippen LogP) is 16.7. The molecule has 0 fully saturated rings. The molecule has 0 radical (unpaired) electrons. The van der Waals surface area contributed by atoms with E-state index in [-0.39, 0.29) is 19.1 Å². The van der Waals surface area contributed by atoms with Crippen LogP contribution in [0.25, 0.3) is 0 Å². The Bertz CT molecular complexity index is 1050. The molecular formula is C55H112N2O6P+. The summed E-state index contributed by atoms with van der Waals surface area (Å²) >= 11 is 0. The van der Waals surface area contributed by atoms with Crippen LogP contribution in [0.3, 0.4) is 0 Å². The highest BCUT2D eigenvalue weighted by atomic mass is 31.2. The fourth-order valence-electron chi connectivity index (χ4n) is 8.57. The molecule has 0 aliphatic carbocycles. The zero-order valence-corrected chi connectivity index (χ0v) is 44.4. The maximum Gasteiger partial charge on any atom is 0.472 e. The Kier molecular flexibility index (Phi) is 46.8. The van der Waals surface area contributed by atoms with Gasteiger partial charge in [-0.3, -0.25) is 13.8 Å². The molecule has 64 heavy (non-hydrogen) atoms. The number of quaternary nitrogens is 1. The molecule has 0 aromatic heterocycles. The second-order valence-electron chi connectivity index (χ2n) is 20.7. The van der Waals surface area contributed by atoms with E-state index >= 15 is 0 Å². The first-order chi connectivity index (χ1) is 31.0. The van der Waals surface area contributed by atoms with Crippen molar-refractivity contribution in [3.05, 3.63) is 12.2 Å². The van der Waals surface area contributed by atoms with Crippen molar-refractivity contribution in [2.24, 2.45) is 0 Å². The van der Waals surface area contributed by atoms with Crippen molar-refractivity contribution in [3.63, 3.8) is 0 Å². The number of nitrogens with one attached hydrogen (secondary N) is 1. The Labute approximate surface area is 399 Å². The number of nitrogens with zero attached hydrogens (tertiary/aromatic N) is 1. The Balaban J connectivity index is 4.13. The summed E-state index contributed by atoms with van der Waals surface area (Å²) in [5.74, 6) is -0.170. The Morgan fingerprint density at radius 2 is 0.828 bits per heavy atom. The van der Waals surface area contributed by atoms with E-state index in [2.05, 4.69) is 19.2 Å². The van der Waals surface area contributed by atoms with Crippen LogP contribution >= 0.6 is 7.82 Å². The standard InChI is InChI=1S/C55H111N2O6P/c1-6-8-10-12-14-16-18-20-22-24-25-26-27-28-29-30-31-32-33-35-37-39-41-43-45-47-49-55(59)56-53(52-63-64(60,61)62-51-50-57(3,4)5)54(58)48-46-44-42-40-38-36-34-23-21-19-17-15-13-11-9-7-2/h46,48,53-54,58H,6-45,47,49-52H2,1-5H3,(H-,56,59,60,61)/p+1/b48-46+/t53-,54+/m0/s1. The van der Waals surface area contributed by atoms with E-state index < -0.39 is 20.0 Å². The Morgan fingerprint density at radius 1 is 0.516 bits per heavy atom. The highest BCUT2D eigenvalue weighted by Crippen LogP contribution is 2.43. The van der Waals surface area contributed by atoms with Crippen LogP contribution in [-0.4, -0.2) is 73.4 Å². The van der Waals surface area contributed by atoms with Gasteiger partial charge in [-0.15, -0.1) is 0 Å². The monoisotopic (exact) mass is 928 g/mol. The van der Waals surface area contributed by atoms with E-state index in [4.69, 9.17) is 9.05 Å². The third-order valence-corrected chi connectivity index (χ3v) is 14.0. The van der Waals surface area contributed by atoms with Crippen LogP contribution in [0.1, 0.15) is 284 Å². The number of phosphoric ester groups is 1. The minimum atomic E-state index is -4.34. The van der Waals surface area contributed by atoms with Gasteiger partial charge in [0.1, 0.15) is 13.2 Å². The van der Waals surface area contributed by atoms with Gasteiger partial charge in [0.2, 0.25) is 5.91 Å². The minimum absolute atomic E-state index is 0.0650. The summed E-state index contributed by atoms with van der Waals surface area (Å²) in [6, 6.07) is -0.841. The number of likely N-dealkylation sites (N-methyl/N-ethyl adjacent to an activating group) is 1. The van der Waals surface area contributed by atoms with Crippen molar-refractivity contribution in [2.45, 2.75) is 296 Å². The SMILES string of the molecule is CCCCCCCCCCCCCCCC/C=C/[C@@H](O)[C@H](COP(=O)(O)OCC[N+](C)(C)C)NC(=O)CCCCCCCCCCCCCCCCCCCCCCCCCCCC. The molecule has 1 amide bonds. The summed E-state index contributed by atoms with van der Waals surface area (Å²) < 4.78 is 23.7. The molecule has 0 rings (SSSR count). The normalized spacial score (nSPS) is 14.0. The van der Waals surface area contributed by atoms with Gasteiger partial charge in [-0.2, -0.15) is 0 Å². The van der Waals surface area contributed by atoms with E-state index in [9.17, 15) is 19.4 Å². The fraction of sp³-hybridized carbons (Fsp3) is 0.945. The van der Waals surface area contributed by atoms with E-state index in [0.717, 1.165) is 32.1 Å². The third kappa shape index (κ3) is 49.2. The average Bonchev–Trinajstić information content (AvgIpc) is 3.25. The summed E-state index contributed by atoms with van der Waals surface area (Å²) in [5.41, 5.74) is 0. The quantitative estimate of drug-likeness (QED) is 0.0243. The number of aliphatic hydroxyl groups excluding tert-OH is 1. The topological polar surface area (TPSA) is 105 Å². The molecular weight excluding hydrogens is 816 g/mol. The smallest absolute Gasteiger partial charge is 0.387 e. The van der Waals surface area contributed by atoms with Crippen LogP contribution in [0.5, 0.6) is 0 Å². The van der Waals surface area contributed by atoms with Crippen molar-refractivity contribution in [1.82, 2.24) is 5.32 Å². The molecule has 382 valence electrons. The summed E-state index contributed by atoms with van der Waals surface area (Å²) in [6.07, 6.45) is 57.3. The lowest BCUT2D eigenvalue weighted by Gasteiger charge is -2.25. The number of carbonyl (C=O) groups is 1. The van der Waals surface area contributed by atoms with Crippen LogP contribution in [0, 0.1) is 0 Å². The molecule has 0 spiro atoms. The maximum absolute atomic E-state index is 13.0. The van der Waals surface area contributed by atoms with Gasteiger partial charge < -0.3 is 19.8 Å². The van der Waals surface area contributed by atoms with Crippen molar-refractivity contribution < 1.29 is 32.9 Å². The number of hydrogen-bond acceptors (Lipinski definition) is 5. The summed E-state index contributed by atoms with van der Waals surface area (Å²) in [6.45, 7) is 4.86. The highest BCUT2D eigenvalue weighted by Gasteiger charge is 2.27. The average molecular weight is 928 g/mol. The first-order valence-electron chi connectivity index (χ1n) is 28.1. The van der Waals surface area contributed by atoms with Gasteiger partial charge in [-0.1, -0.05) is 270 Å². The second kappa shape index (κ2) is 47.3. The molecule has 0 aliphatic heterocycles. The summed E-state index contributed by atoms with van der Waals surface area (Å²) in [7, 11) is 1.59. The molecule has 0 aromatic rings. The molecule has 0 bridgehead atoms. The van der Waals surface area contributed by atoms with Crippen LogP contribution in [0.15, 0.2) is 12.2 Å². The number of amides is 1. The van der Waals surface area contributed by atoms with E-state index in [0.29, 0.717) is 17.4 Å². The van der Waals surface area contributed by atoms with Gasteiger partial charge in [-0.05, 0) is 19.3 Å². The van der Waals surface area contributed by atoms with Crippen molar-refractivity contribution in [1.29, 1.82) is 0 Å². The number of phosphoric acid groups is 1. The van der Waals surface area contributed by atoms with Crippen LogP contribution in [0.4, 0.5) is 0 Å². The van der Waals surface area contributed by atoms with Gasteiger partial charge in [0.05, 0.1) is 39.9 Å². The van der Waals surface area contributed by atoms with Crippen LogP contribution in [-0.2, 0) is 18.4 Å². The third-order valence-electron chi connectivity index (χ3n) is 13.0. The second-order valence-corrected chi connectivity index (χ2v) is 22.1. The lowest BCUT2D eigenvalue weighted by molar-refractivity contribution is -0.870. The number of allylic oxidation sites excluding steroid dienone is 1. The first-order valence-corrected chi connectivity index (χ1v) is 29.6. The van der Waals surface area contributed by atoms with Gasteiger partial charge >= 0.3 is 7.82 Å². The summed E-state index contributed by atoms with van der Waals surface area (Å²) in [4.78, 5) is 23.3. The largest absolute Gasteiger partial charge is 0.472 e. The van der Waals surface area contributed by atoms with Crippen LogP contribution < -0.4 is 5.32 Å². The molecule has 8 nitrogen and oxygen atoms in total. The number of rotatable bonds is 52. The zero-order valence-electron chi connectivity index (χ0n) is 43.6. The number of carbonyl (C=O) groups excluding carboxylic acids is 1. The van der Waals surface area contributed by atoms with E-state index in [1.165, 1.54) is 231 Å². The predicted molar refractivity (Wildman–Crippen MR) is 277 cm³/mol. The van der Waals surface area contributed by atoms with E-state index in [1.54, 1.807) is 6.08 Å². The van der Waals surface area contributed by atoms with Crippen LogP contribution in [0.2, 0.25) is 0 Å². The highest BCUT2D eigenvalue weighted by molar-refractivity contribution is 7.47. The lowest BCUT2D eigenvalue weighted by Crippen LogP contribution is -2.45. The molecule has 9 heteroatoms. The summed E-state index contributed by atoms with van der Waals surface area (Å²) in [5, 5.41) is 13.9. The van der Waals surface area contributed by atoms with Gasteiger partial charge in [-0.25, -0.2) is 4.57 Å². The number of aliphatic hydroxyl groups is 1. The fourth-order valence-corrected chi connectivity index (χ4v) is 9.31. The van der Waals surface area contributed by atoms with Gasteiger partial charge in [0.25, 0.3) is 0 Å². The van der Waals surface area contributed by atoms with Gasteiger partial charge in [0.15, 0.2) is 0 Å². The zero-order chi connectivity index (χ0) is 47.1. The number of hydrogen-bond donors (Lipinski definition) is 3. The Morgan fingerprint density at radius 3 is 1.16 bits per heavy atom. The maximum atomic E-state index is 13.0. The Hall–Kier alpha value is -0.760. The molecule has 0 aromatic carbocycles. The van der Waals surface area contributed by atoms with Crippen molar-refractivity contribution >= 4 is 13.7 Å². The molecule has 0 heterocycles. The number of unbranched alkanes of at least 4 members (excludes halogenated alkanes) is 39. The lowest BCUT2D eigenvalue weighted by atomic mass is 10.0. The minimum Gasteiger partial charge on any atom is -0.387 e. The van der Waals surface area contributed by atoms with Gasteiger partial charge in [0, 0.05) is 6.42 Å². The first kappa shape index (κ1) is 63.2. The molecule has 1 unspecified atom stereocenters. The molecule has 0 saturated carbocycles.